The van der Waals surface area contributed by atoms with Crippen molar-refractivity contribution in [2.45, 2.75) is 5.03 Å². The first kappa shape index (κ1) is 11.6. The lowest BCUT2D eigenvalue weighted by atomic mass is 10.4. The number of hydrogen-bond acceptors (Lipinski definition) is 5. The standard InChI is InChI=1S/C8H7N3O4S2/c12-8(13)6-3-9-10-7(6)17(14,15)11-5-1-2-16-4-5/h1-4,11H,(H,9,10)(H,12,13). The first-order valence-electron chi connectivity index (χ1n) is 4.32. The van der Waals surface area contributed by atoms with E-state index in [-0.39, 0.29) is 0 Å². The summed E-state index contributed by atoms with van der Waals surface area (Å²) in [5, 5.41) is 17.2. The molecule has 7 nitrogen and oxygen atoms in total. The van der Waals surface area contributed by atoms with E-state index >= 15 is 0 Å². The Labute approximate surface area is 100 Å². The number of nitrogens with zero attached hydrogens (tertiary/aromatic N) is 1. The summed E-state index contributed by atoms with van der Waals surface area (Å²) in [6, 6.07) is 1.57. The molecule has 3 N–H and O–H groups in total. The highest BCUT2D eigenvalue weighted by Crippen LogP contribution is 2.19. The summed E-state index contributed by atoms with van der Waals surface area (Å²) >= 11 is 1.32. The van der Waals surface area contributed by atoms with Crippen LogP contribution in [-0.2, 0) is 10.0 Å². The van der Waals surface area contributed by atoms with Gasteiger partial charge in [-0.1, -0.05) is 0 Å². The van der Waals surface area contributed by atoms with Crippen LogP contribution < -0.4 is 4.72 Å². The van der Waals surface area contributed by atoms with Crippen molar-refractivity contribution in [1.82, 2.24) is 10.2 Å². The second kappa shape index (κ2) is 4.18. The van der Waals surface area contributed by atoms with Crippen LogP contribution in [0, 0.1) is 0 Å². The number of carboxylic acids is 1. The molecule has 0 amide bonds. The molecule has 2 aromatic heterocycles. The Balaban J connectivity index is 2.38. The van der Waals surface area contributed by atoms with Gasteiger partial charge in [0.2, 0.25) is 0 Å². The molecule has 0 fully saturated rings. The Morgan fingerprint density at radius 2 is 2.29 bits per heavy atom. The van der Waals surface area contributed by atoms with Crippen molar-refractivity contribution >= 4 is 33.0 Å². The minimum Gasteiger partial charge on any atom is -0.478 e. The summed E-state index contributed by atoms with van der Waals surface area (Å²) in [4.78, 5) is 10.8. The largest absolute Gasteiger partial charge is 0.478 e. The number of rotatable bonds is 4. The Hall–Kier alpha value is -1.87. The van der Waals surface area contributed by atoms with Gasteiger partial charge < -0.3 is 5.11 Å². The second-order valence-electron chi connectivity index (χ2n) is 3.04. The number of thiophene rings is 1. The minimum absolute atomic E-state index is 0.376. The average Bonchev–Trinajstić information content (AvgIpc) is 2.84. The summed E-state index contributed by atoms with van der Waals surface area (Å²) in [7, 11) is -3.96. The quantitative estimate of drug-likeness (QED) is 0.768. The highest BCUT2D eigenvalue weighted by atomic mass is 32.2. The molecule has 0 bridgehead atoms. The molecule has 2 heterocycles. The van der Waals surface area contributed by atoms with Crippen molar-refractivity contribution < 1.29 is 18.3 Å². The summed E-state index contributed by atoms with van der Waals surface area (Å²) < 4.78 is 25.9. The molecule has 0 aliphatic rings. The zero-order valence-electron chi connectivity index (χ0n) is 8.25. The predicted octanol–water partition coefficient (Wildman–Crippen LogP) is 0.970. The third-order valence-corrected chi connectivity index (χ3v) is 3.91. The normalized spacial score (nSPS) is 11.3. The molecule has 0 aliphatic carbocycles. The molecule has 17 heavy (non-hydrogen) atoms. The van der Waals surface area contributed by atoms with Gasteiger partial charge >= 0.3 is 5.97 Å². The molecule has 9 heteroatoms. The number of hydrogen-bond donors (Lipinski definition) is 3. The van der Waals surface area contributed by atoms with Gasteiger partial charge in [-0.15, -0.1) is 0 Å². The van der Waals surface area contributed by atoms with Crippen molar-refractivity contribution in [3.05, 3.63) is 28.6 Å². The van der Waals surface area contributed by atoms with Gasteiger partial charge in [-0.2, -0.15) is 24.9 Å². The zero-order valence-corrected chi connectivity index (χ0v) is 9.88. The van der Waals surface area contributed by atoms with Crippen LogP contribution >= 0.6 is 11.3 Å². The molecule has 0 saturated carbocycles. The van der Waals surface area contributed by atoms with Crippen LogP contribution in [0.1, 0.15) is 10.4 Å². The molecule has 0 saturated heterocycles. The lowest BCUT2D eigenvalue weighted by molar-refractivity contribution is 0.0692. The number of aromatic amines is 1. The SMILES string of the molecule is O=C(O)c1cn[nH]c1S(=O)(=O)Nc1ccsc1. The van der Waals surface area contributed by atoms with Gasteiger partial charge in [-0.25, -0.2) is 4.79 Å². The van der Waals surface area contributed by atoms with Crippen LogP contribution in [0.25, 0.3) is 0 Å². The Kier molecular flexibility index (Phi) is 2.86. The van der Waals surface area contributed by atoms with Crippen LogP contribution in [0.2, 0.25) is 0 Å². The van der Waals surface area contributed by atoms with E-state index in [4.69, 9.17) is 5.11 Å². The van der Waals surface area contributed by atoms with E-state index in [1.165, 1.54) is 11.3 Å². The van der Waals surface area contributed by atoms with Crippen LogP contribution in [0.15, 0.2) is 28.0 Å². The molecular weight excluding hydrogens is 266 g/mol. The molecule has 0 unspecified atom stereocenters. The lowest BCUT2D eigenvalue weighted by Gasteiger charge is -2.04. The molecule has 0 aromatic carbocycles. The number of carbonyl (C=O) groups is 1. The van der Waals surface area contributed by atoms with Crippen molar-refractivity contribution in [1.29, 1.82) is 0 Å². The van der Waals surface area contributed by atoms with Crippen molar-refractivity contribution in [3.8, 4) is 0 Å². The van der Waals surface area contributed by atoms with E-state index in [1.54, 1.807) is 16.8 Å². The Morgan fingerprint density at radius 1 is 1.53 bits per heavy atom. The van der Waals surface area contributed by atoms with Crippen LogP contribution in [0.4, 0.5) is 5.69 Å². The number of H-pyrrole nitrogens is 1. The predicted molar refractivity (Wildman–Crippen MR) is 60.7 cm³/mol. The van der Waals surface area contributed by atoms with Gasteiger partial charge in [-0.3, -0.25) is 9.82 Å². The number of carboxylic acid groups (broad SMARTS) is 1. The molecule has 90 valence electrons. The monoisotopic (exact) mass is 273 g/mol. The Morgan fingerprint density at radius 3 is 2.88 bits per heavy atom. The van der Waals surface area contributed by atoms with Crippen molar-refractivity contribution in [2.75, 3.05) is 4.72 Å². The smallest absolute Gasteiger partial charge is 0.340 e. The lowest BCUT2D eigenvalue weighted by Crippen LogP contribution is -2.16. The van der Waals surface area contributed by atoms with Crippen molar-refractivity contribution in [3.63, 3.8) is 0 Å². The molecule has 2 rings (SSSR count). The maximum Gasteiger partial charge on any atom is 0.340 e. The summed E-state index contributed by atoms with van der Waals surface area (Å²) in [6.45, 7) is 0. The maximum atomic E-state index is 11.8. The highest BCUT2D eigenvalue weighted by molar-refractivity contribution is 7.92. The number of aromatic carboxylic acids is 1. The summed E-state index contributed by atoms with van der Waals surface area (Å²) in [5.41, 5.74) is -0.0198. The topological polar surface area (TPSA) is 112 Å². The first-order valence-corrected chi connectivity index (χ1v) is 6.75. The molecule has 0 spiro atoms. The van der Waals surface area contributed by atoms with Gasteiger partial charge in [0, 0.05) is 5.38 Å². The van der Waals surface area contributed by atoms with Crippen LogP contribution in [0.5, 0.6) is 0 Å². The van der Waals surface area contributed by atoms with Crippen molar-refractivity contribution in [2.24, 2.45) is 0 Å². The van der Waals surface area contributed by atoms with E-state index in [0.717, 1.165) is 6.20 Å². The molecule has 2 aromatic rings. The van der Waals surface area contributed by atoms with Gasteiger partial charge in [0.25, 0.3) is 10.0 Å². The second-order valence-corrected chi connectivity index (χ2v) is 5.43. The molecule has 0 radical (unpaired) electrons. The fraction of sp³-hybridized carbons (Fsp3) is 0. The summed E-state index contributed by atoms with van der Waals surface area (Å²) in [6.07, 6.45) is 0.949. The van der Waals surface area contributed by atoms with Gasteiger partial charge in [0.05, 0.1) is 11.9 Å². The van der Waals surface area contributed by atoms with E-state index in [9.17, 15) is 13.2 Å². The first-order chi connectivity index (χ1) is 8.00. The number of aromatic nitrogens is 2. The van der Waals surface area contributed by atoms with E-state index < -0.39 is 26.6 Å². The van der Waals surface area contributed by atoms with Gasteiger partial charge in [-0.05, 0) is 11.4 Å². The molecule has 0 atom stereocenters. The third kappa shape index (κ3) is 2.29. The van der Waals surface area contributed by atoms with Crippen LogP contribution in [-0.4, -0.2) is 29.7 Å². The third-order valence-electron chi connectivity index (χ3n) is 1.88. The molecule has 0 aliphatic heterocycles. The van der Waals surface area contributed by atoms with E-state index in [1.807, 2.05) is 0 Å². The van der Waals surface area contributed by atoms with Crippen LogP contribution in [0.3, 0.4) is 0 Å². The fourth-order valence-electron chi connectivity index (χ4n) is 1.16. The average molecular weight is 273 g/mol. The molecular formula is C8H7N3O4S2. The summed E-state index contributed by atoms with van der Waals surface area (Å²) in [5.74, 6) is -1.36. The maximum absolute atomic E-state index is 11.8. The number of nitrogens with one attached hydrogen (secondary N) is 2. The van der Waals surface area contributed by atoms with Gasteiger partial charge in [0.1, 0.15) is 5.56 Å². The number of anilines is 1. The van der Waals surface area contributed by atoms with E-state index in [2.05, 4.69) is 14.9 Å². The minimum atomic E-state index is -3.96. The number of sulfonamides is 1. The fourth-order valence-corrected chi connectivity index (χ4v) is 2.96. The van der Waals surface area contributed by atoms with E-state index in [0.29, 0.717) is 5.69 Å². The Bertz CT molecular complexity index is 630. The highest BCUT2D eigenvalue weighted by Gasteiger charge is 2.24. The zero-order chi connectivity index (χ0) is 12.5. The van der Waals surface area contributed by atoms with Gasteiger partial charge in [0.15, 0.2) is 5.03 Å².